The van der Waals surface area contributed by atoms with Crippen LogP contribution in [0.3, 0.4) is 0 Å². The van der Waals surface area contributed by atoms with E-state index in [1.165, 1.54) is 19.1 Å². The number of H-pyrrole nitrogens is 1. The van der Waals surface area contributed by atoms with Crippen LogP contribution in [-0.4, -0.2) is 59.3 Å². The first-order valence-electron chi connectivity index (χ1n) is 9.31. The average molecular weight is 374 g/mol. The Balaban J connectivity index is 1.55. The third kappa shape index (κ3) is 4.66. The van der Waals surface area contributed by atoms with Crippen LogP contribution in [0, 0.1) is 5.82 Å². The summed E-state index contributed by atoms with van der Waals surface area (Å²) < 4.78 is 13.3. The molecule has 3 rings (SSSR count). The topological polar surface area (TPSA) is 68.4 Å². The summed E-state index contributed by atoms with van der Waals surface area (Å²) in [7, 11) is 3.81. The number of hydrogen-bond donors (Lipinski definition) is 2. The number of nitrogens with one attached hydrogen (secondary N) is 2. The lowest BCUT2D eigenvalue weighted by Crippen LogP contribution is -2.42. The second kappa shape index (κ2) is 8.08. The highest BCUT2D eigenvalue weighted by Crippen LogP contribution is 2.25. The smallest absolute Gasteiger partial charge is 0.224 e. The summed E-state index contributed by atoms with van der Waals surface area (Å²) in [5.41, 5.74) is 1.75. The molecule has 1 aliphatic heterocycles. The van der Waals surface area contributed by atoms with E-state index in [1.807, 2.05) is 13.1 Å². The van der Waals surface area contributed by atoms with Gasteiger partial charge in [-0.05, 0) is 44.2 Å². The largest absolute Gasteiger partial charge is 0.357 e. The molecule has 6 nitrogen and oxygen atoms in total. The Kier molecular flexibility index (Phi) is 5.79. The Labute approximate surface area is 158 Å². The molecule has 2 heterocycles. The Morgan fingerprint density at radius 3 is 2.78 bits per heavy atom. The van der Waals surface area contributed by atoms with Crippen LogP contribution >= 0.6 is 0 Å². The van der Waals surface area contributed by atoms with E-state index in [0.717, 1.165) is 29.4 Å². The van der Waals surface area contributed by atoms with Gasteiger partial charge in [0, 0.05) is 55.6 Å². The van der Waals surface area contributed by atoms with Crippen molar-refractivity contribution in [2.24, 2.45) is 0 Å². The van der Waals surface area contributed by atoms with Gasteiger partial charge in [-0.2, -0.15) is 0 Å². The summed E-state index contributed by atoms with van der Waals surface area (Å²) in [6.45, 7) is 2.60. The van der Waals surface area contributed by atoms with E-state index in [9.17, 15) is 14.0 Å². The number of likely N-dealkylation sites (N-methyl/N-ethyl adjacent to an activating group) is 1. The van der Waals surface area contributed by atoms with Crippen molar-refractivity contribution >= 4 is 22.7 Å². The number of aromatic nitrogens is 1. The number of rotatable bonds is 6. The molecule has 2 aromatic rings. The minimum Gasteiger partial charge on any atom is -0.357 e. The fourth-order valence-corrected chi connectivity index (χ4v) is 3.79. The Bertz CT molecular complexity index is 834. The lowest BCUT2D eigenvalue weighted by atomic mass is 10.1. The molecule has 0 spiro atoms. The van der Waals surface area contributed by atoms with Crippen LogP contribution in [-0.2, 0) is 16.1 Å². The van der Waals surface area contributed by atoms with E-state index in [1.54, 1.807) is 18.0 Å². The molecule has 1 fully saturated rings. The normalized spacial score (nSPS) is 20.1. The standard InChI is InChI=1S/C20H27FN4O2/c1-13(26)22-11-18-6-5-17(25(18)3)10-20(27)24(2)12-16-9-14-8-15(21)4-7-19(14)23-16/h4,7-9,17-18,23H,5-6,10-12H2,1-3H3,(H,22,26)/t17-,18+/m0/s1. The zero-order valence-corrected chi connectivity index (χ0v) is 16.1. The van der Waals surface area contributed by atoms with Crippen LogP contribution in [0.25, 0.3) is 10.9 Å². The van der Waals surface area contributed by atoms with E-state index in [4.69, 9.17) is 0 Å². The third-order valence-corrected chi connectivity index (χ3v) is 5.45. The minimum atomic E-state index is -0.268. The average Bonchev–Trinajstić information content (AvgIpc) is 3.16. The molecule has 7 heteroatoms. The molecule has 1 aromatic carbocycles. The molecule has 27 heavy (non-hydrogen) atoms. The highest BCUT2D eigenvalue weighted by atomic mass is 19.1. The third-order valence-electron chi connectivity index (χ3n) is 5.45. The zero-order chi connectivity index (χ0) is 19.6. The number of amides is 2. The van der Waals surface area contributed by atoms with Gasteiger partial charge in [-0.1, -0.05) is 0 Å². The zero-order valence-electron chi connectivity index (χ0n) is 16.1. The first-order valence-corrected chi connectivity index (χ1v) is 9.31. The van der Waals surface area contributed by atoms with Crippen molar-refractivity contribution in [1.29, 1.82) is 0 Å². The van der Waals surface area contributed by atoms with Crippen LogP contribution in [0.2, 0.25) is 0 Å². The lowest BCUT2D eigenvalue weighted by molar-refractivity contribution is -0.131. The molecular weight excluding hydrogens is 347 g/mol. The maximum absolute atomic E-state index is 13.3. The van der Waals surface area contributed by atoms with Crippen LogP contribution < -0.4 is 5.32 Å². The summed E-state index contributed by atoms with van der Waals surface area (Å²) in [5.74, 6) is -0.215. The molecule has 0 bridgehead atoms. The van der Waals surface area contributed by atoms with Gasteiger partial charge in [0.15, 0.2) is 0 Å². The number of carbonyl (C=O) groups is 2. The summed E-state index contributed by atoms with van der Waals surface area (Å²) in [4.78, 5) is 30.9. The number of halogens is 1. The molecule has 1 aliphatic rings. The number of aromatic amines is 1. The number of nitrogens with zero attached hydrogens (tertiary/aromatic N) is 2. The quantitative estimate of drug-likeness (QED) is 0.815. The number of likely N-dealkylation sites (tertiary alicyclic amines) is 1. The van der Waals surface area contributed by atoms with E-state index >= 15 is 0 Å². The van der Waals surface area contributed by atoms with Crippen molar-refractivity contribution in [1.82, 2.24) is 20.1 Å². The minimum absolute atomic E-state index is 0.0270. The van der Waals surface area contributed by atoms with E-state index in [0.29, 0.717) is 19.5 Å². The number of fused-ring (bicyclic) bond motifs is 1. The van der Waals surface area contributed by atoms with Gasteiger partial charge in [0.05, 0.1) is 6.54 Å². The summed E-state index contributed by atoms with van der Waals surface area (Å²) in [5, 5.41) is 3.66. The monoisotopic (exact) mass is 374 g/mol. The Hall–Kier alpha value is -2.41. The number of benzene rings is 1. The fourth-order valence-electron chi connectivity index (χ4n) is 3.79. The predicted molar refractivity (Wildman–Crippen MR) is 103 cm³/mol. The molecule has 0 saturated carbocycles. The molecule has 146 valence electrons. The van der Waals surface area contributed by atoms with E-state index in [2.05, 4.69) is 15.2 Å². The van der Waals surface area contributed by atoms with Crippen LogP contribution in [0.1, 0.15) is 31.9 Å². The van der Waals surface area contributed by atoms with Crippen LogP contribution in [0.5, 0.6) is 0 Å². The molecular formula is C20H27FN4O2. The molecule has 2 amide bonds. The van der Waals surface area contributed by atoms with Gasteiger partial charge in [0.25, 0.3) is 0 Å². The fraction of sp³-hybridized carbons (Fsp3) is 0.500. The highest BCUT2D eigenvalue weighted by Gasteiger charge is 2.32. The molecule has 0 unspecified atom stereocenters. The van der Waals surface area contributed by atoms with Crippen molar-refractivity contribution in [2.75, 3.05) is 20.6 Å². The summed E-state index contributed by atoms with van der Waals surface area (Å²) >= 11 is 0. The molecule has 2 N–H and O–H groups in total. The van der Waals surface area contributed by atoms with Gasteiger partial charge < -0.3 is 15.2 Å². The van der Waals surface area contributed by atoms with Crippen molar-refractivity contribution < 1.29 is 14.0 Å². The van der Waals surface area contributed by atoms with Gasteiger partial charge in [-0.3, -0.25) is 14.5 Å². The van der Waals surface area contributed by atoms with Crippen molar-refractivity contribution in [2.45, 2.75) is 44.8 Å². The first-order chi connectivity index (χ1) is 12.8. The second-order valence-electron chi connectivity index (χ2n) is 7.47. The highest BCUT2D eigenvalue weighted by molar-refractivity contribution is 5.81. The SMILES string of the molecule is CC(=O)NC[C@H]1CC[C@@H](CC(=O)N(C)Cc2cc3cc(F)ccc3[nH]2)N1C. The maximum atomic E-state index is 13.3. The van der Waals surface area contributed by atoms with Crippen molar-refractivity contribution in [3.05, 3.63) is 35.8 Å². The van der Waals surface area contributed by atoms with Gasteiger partial charge in [0.1, 0.15) is 5.82 Å². The van der Waals surface area contributed by atoms with Gasteiger partial charge >= 0.3 is 0 Å². The van der Waals surface area contributed by atoms with Crippen LogP contribution in [0.4, 0.5) is 4.39 Å². The molecule has 1 saturated heterocycles. The lowest BCUT2D eigenvalue weighted by Gasteiger charge is -2.27. The van der Waals surface area contributed by atoms with E-state index < -0.39 is 0 Å². The maximum Gasteiger partial charge on any atom is 0.224 e. The molecule has 1 aromatic heterocycles. The van der Waals surface area contributed by atoms with Gasteiger partial charge in [-0.25, -0.2) is 4.39 Å². The van der Waals surface area contributed by atoms with Crippen LogP contribution in [0.15, 0.2) is 24.3 Å². The van der Waals surface area contributed by atoms with Gasteiger partial charge in [-0.15, -0.1) is 0 Å². The molecule has 2 atom stereocenters. The summed E-state index contributed by atoms with van der Waals surface area (Å²) in [6, 6.07) is 6.97. The summed E-state index contributed by atoms with van der Waals surface area (Å²) in [6.07, 6.45) is 2.39. The Morgan fingerprint density at radius 2 is 2.04 bits per heavy atom. The Morgan fingerprint density at radius 1 is 1.30 bits per heavy atom. The molecule has 0 radical (unpaired) electrons. The van der Waals surface area contributed by atoms with Gasteiger partial charge in [0.2, 0.25) is 11.8 Å². The van der Waals surface area contributed by atoms with E-state index in [-0.39, 0.29) is 29.7 Å². The second-order valence-corrected chi connectivity index (χ2v) is 7.47. The molecule has 0 aliphatic carbocycles. The predicted octanol–water partition coefficient (Wildman–Crippen LogP) is 2.25. The first kappa shape index (κ1) is 19.4. The number of carbonyl (C=O) groups excluding carboxylic acids is 2. The van der Waals surface area contributed by atoms with Crippen molar-refractivity contribution in [3.8, 4) is 0 Å². The van der Waals surface area contributed by atoms with Crippen molar-refractivity contribution in [3.63, 3.8) is 0 Å². The number of hydrogen-bond acceptors (Lipinski definition) is 3.